The lowest BCUT2D eigenvalue weighted by Gasteiger charge is -1.97. The molecule has 0 aliphatic carbocycles. The van der Waals surface area contributed by atoms with E-state index in [1.54, 1.807) is 0 Å². The Bertz CT molecular complexity index is 547. The van der Waals surface area contributed by atoms with E-state index in [0.717, 1.165) is 18.2 Å². The summed E-state index contributed by atoms with van der Waals surface area (Å²) in [6, 6.07) is 8.49. The van der Waals surface area contributed by atoms with Gasteiger partial charge in [0, 0.05) is 11.8 Å². The molecule has 86 valence electrons. The molecule has 0 aromatic heterocycles. The molecule has 0 amide bonds. The van der Waals surface area contributed by atoms with Crippen LogP contribution in [0.3, 0.4) is 0 Å². The second-order valence-corrected chi connectivity index (χ2v) is 3.40. The van der Waals surface area contributed by atoms with Gasteiger partial charge in [0.2, 0.25) is 0 Å². The maximum atomic E-state index is 13.2. The highest BCUT2D eigenvalue weighted by molar-refractivity contribution is 5.82. The van der Waals surface area contributed by atoms with Crippen LogP contribution in [0.2, 0.25) is 0 Å². The Morgan fingerprint density at radius 3 is 2.18 bits per heavy atom. The van der Waals surface area contributed by atoms with E-state index >= 15 is 0 Å². The van der Waals surface area contributed by atoms with Gasteiger partial charge in [-0.05, 0) is 42.5 Å². The Morgan fingerprint density at radius 1 is 0.824 bits per heavy atom. The summed E-state index contributed by atoms with van der Waals surface area (Å²) in [6.07, 6.45) is 1.20. The van der Waals surface area contributed by atoms with Crippen LogP contribution in [-0.4, -0.2) is 6.21 Å². The van der Waals surface area contributed by atoms with Crippen LogP contribution in [0, 0.1) is 17.5 Å². The summed E-state index contributed by atoms with van der Waals surface area (Å²) in [6.45, 7) is 0. The van der Waals surface area contributed by atoms with E-state index in [1.807, 2.05) is 0 Å². The van der Waals surface area contributed by atoms with Crippen molar-refractivity contribution in [3.63, 3.8) is 0 Å². The first-order chi connectivity index (χ1) is 8.15. The minimum absolute atomic E-state index is 0.0503. The van der Waals surface area contributed by atoms with Gasteiger partial charge in [-0.15, -0.1) is 0 Å². The van der Waals surface area contributed by atoms with Gasteiger partial charge in [-0.2, -0.15) is 0 Å². The monoisotopic (exact) mass is 235 g/mol. The second-order valence-electron chi connectivity index (χ2n) is 3.40. The molecule has 2 rings (SSSR count). The van der Waals surface area contributed by atoms with Gasteiger partial charge in [-0.3, -0.25) is 4.99 Å². The largest absolute Gasteiger partial charge is 0.256 e. The van der Waals surface area contributed by atoms with Gasteiger partial charge in [0.05, 0.1) is 5.69 Å². The molecule has 0 aliphatic rings. The van der Waals surface area contributed by atoms with Crippen LogP contribution in [0.4, 0.5) is 18.9 Å². The van der Waals surface area contributed by atoms with E-state index in [9.17, 15) is 13.2 Å². The summed E-state index contributed by atoms with van der Waals surface area (Å²) in [4.78, 5) is 3.92. The Hall–Kier alpha value is -2.10. The average Bonchev–Trinajstić information content (AvgIpc) is 2.32. The average molecular weight is 235 g/mol. The maximum Gasteiger partial charge on any atom is 0.132 e. The first-order valence-corrected chi connectivity index (χ1v) is 4.90. The Kier molecular flexibility index (Phi) is 3.23. The summed E-state index contributed by atoms with van der Waals surface area (Å²) in [5.41, 5.74) is 0.518. The van der Waals surface area contributed by atoms with Gasteiger partial charge in [0.1, 0.15) is 17.5 Å². The molecule has 17 heavy (non-hydrogen) atoms. The molecular formula is C13H8F3N. The molecule has 2 aromatic carbocycles. The molecule has 0 saturated heterocycles. The third kappa shape index (κ3) is 2.93. The van der Waals surface area contributed by atoms with E-state index in [2.05, 4.69) is 4.99 Å². The highest BCUT2D eigenvalue weighted by Crippen LogP contribution is 2.13. The van der Waals surface area contributed by atoms with Crippen molar-refractivity contribution in [1.82, 2.24) is 0 Å². The van der Waals surface area contributed by atoms with Crippen LogP contribution in [-0.2, 0) is 0 Å². The smallest absolute Gasteiger partial charge is 0.132 e. The molecule has 4 heteroatoms. The minimum Gasteiger partial charge on any atom is -0.256 e. The second kappa shape index (κ2) is 4.82. The topological polar surface area (TPSA) is 12.4 Å². The molecule has 0 spiro atoms. The normalized spacial score (nSPS) is 11.0. The van der Waals surface area contributed by atoms with Gasteiger partial charge in [0.15, 0.2) is 0 Å². The zero-order valence-corrected chi connectivity index (χ0v) is 8.70. The lowest BCUT2D eigenvalue weighted by atomic mass is 10.2. The zero-order valence-electron chi connectivity index (χ0n) is 8.70. The third-order valence-electron chi connectivity index (χ3n) is 2.14. The summed E-state index contributed by atoms with van der Waals surface area (Å²) in [7, 11) is 0. The van der Waals surface area contributed by atoms with E-state index in [4.69, 9.17) is 0 Å². The molecule has 1 nitrogen and oxygen atoms in total. The van der Waals surface area contributed by atoms with E-state index < -0.39 is 11.6 Å². The van der Waals surface area contributed by atoms with Crippen LogP contribution < -0.4 is 0 Å². The van der Waals surface area contributed by atoms with Crippen molar-refractivity contribution < 1.29 is 13.2 Å². The van der Waals surface area contributed by atoms with E-state index in [-0.39, 0.29) is 11.4 Å². The van der Waals surface area contributed by atoms with Crippen molar-refractivity contribution in [3.05, 3.63) is 65.5 Å². The molecule has 0 bridgehead atoms. The first kappa shape index (κ1) is 11.4. The minimum atomic E-state index is -0.558. The SMILES string of the molecule is Fc1ccc(/N=C/c2cc(F)ccc2F)cc1. The third-order valence-corrected chi connectivity index (χ3v) is 2.14. The fourth-order valence-electron chi connectivity index (χ4n) is 1.28. The molecule has 0 N–H and O–H groups in total. The number of rotatable bonds is 2. The number of nitrogens with zero attached hydrogens (tertiary/aromatic N) is 1. The molecule has 0 aliphatic heterocycles. The maximum absolute atomic E-state index is 13.2. The van der Waals surface area contributed by atoms with Gasteiger partial charge in [0.25, 0.3) is 0 Å². The number of aliphatic imine (C=N–C) groups is 1. The summed E-state index contributed by atoms with van der Waals surface area (Å²) < 4.78 is 38.7. The number of hydrogen-bond donors (Lipinski definition) is 0. The van der Waals surface area contributed by atoms with Gasteiger partial charge in [-0.25, -0.2) is 13.2 Å². The van der Waals surface area contributed by atoms with Gasteiger partial charge >= 0.3 is 0 Å². The molecule has 0 radical (unpaired) electrons. The van der Waals surface area contributed by atoms with Crippen molar-refractivity contribution in [2.75, 3.05) is 0 Å². The molecule has 0 atom stereocenters. The fourth-order valence-corrected chi connectivity index (χ4v) is 1.28. The molecule has 0 fully saturated rings. The first-order valence-electron chi connectivity index (χ1n) is 4.90. The quantitative estimate of drug-likeness (QED) is 0.701. The van der Waals surface area contributed by atoms with Crippen molar-refractivity contribution >= 4 is 11.9 Å². The molecule has 0 saturated carbocycles. The Morgan fingerprint density at radius 2 is 1.47 bits per heavy atom. The molecule has 2 aromatic rings. The molecule has 0 heterocycles. The van der Waals surface area contributed by atoms with E-state index in [0.29, 0.717) is 5.69 Å². The van der Waals surface area contributed by atoms with Crippen LogP contribution in [0.1, 0.15) is 5.56 Å². The summed E-state index contributed by atoms with van der Waals surface area (Å²) >= 11 is 0. The van der Waals surface area contributed by atoms with Crippen LogP contribution >= 0.6 is 0 Å². The summed E-state index contributed by atoms with van der Waals surface area (Å²) in [5, 5.41) is 0. The summed E-state index contributed by atoms with van der Waals surface area (Å²) in [5.74, 6) is -1.47. The predicted molar refractivity (Wildman–Crippen MR) is 60.0 cm³/mol. The highest BCUT2D eigenvalue weighted by Gasteiger charge is 2.00. The number of hydrogen-bond acceptors (Lipinski definition) is 1. The molecular weight excluding hydrogens is 227 g/mol. The lowest BCUT2D eigenvalue weighted by molar-refractivity contribution is 0.598. The molecule has 0 unspecified atom stereocenters. The van der Waals surface area contributed by atoms with Crippen molar-refractivity contribution in [2.24, 2.45) is 4.99 Å². The van der Waals surface area contributed by atoms with Gasteiger partial charge in [-0.1, -0.05) is 0 Å². The van der Waals surface area contributed by atoms with Crippen LogP contribution in [0.25, 0.3) is 0 Å². The van der Waals surface area contributed by atoms with Crippen LogP contribution in [0.5, 0.6) is 0 Å². The number of halogens is 3. The standard InChI is InChI=1S/C13H8F3N/c14-10-1-4-12(5-2-10)17-8-9-7-11(15)3-6-13(9)16/h1-8H/b17-8+. The van der Waals surface area contributed by atoms with Gasteiger partial charge < -0.3 is 0 Å². The van der Waals surface area contributed by atoms with Crippen molar-refractivity contribution in [3.8, 4) is 0 Å². The van der Waals surface area contributed by atoms with Crippen molar-refractivity contribution in [2.45, 2.75) is 0 Å². The lowest BCUT2D eigenvalue weighted by Crippen LogP contribution is -1.89. The van der Waals surface area contributed by atoms with E-state index in [1.165, 1.54) is 30.5 Å². The fraction of sp³-hybridized carbons (Fsp3) is 0. The zero-order chi connectivity index (χ0) is 12.3. The van der Waals surface area contributed by atoms with Crippen molar-refractivity contribution in [1.29, 1.82) is 0 Å². The Labute approximate surface area is 96.2 Å². The van der Waals surface area contributed by atoms with Crippen LogP contribution in [0.15, 0.2) is 47.5 Å². The predicted octanol–water partition coefficient (Wildman–Crippen LogP) is 3.85. The highest BCUT2D eigenvalue weighted by atomic mass is 19.1. The Balaban J connectivity index is 2.25. The number of benzene rings is 2.